The molecule has 0 aromatic rings. The van der Waals surface area contributed by atoms with Crippen molar-refractivity contribution in [2.75, 3.05) is 32.7 Å². The smallest absolute Gasteiger partial charge is 0.0267 e. The zero-order valence-electron chi connectivity index (χ0n) is 10.5. The summed E-state index contributed by atoms with van der Waals surface area (Å²) in [6.45, 7) is 8.73. The first-order valence-electron chi connectivity index (χ1n) is 7.07. The molecule has 3 nitrogen and oxygen atoms in total. The normalized spacial score (nSPS) is 42.2. The standard InChI is InChI=1S/C13H25N3/c1-11-10-14-6-9-16(11)13-5-8-15-7-3-2-4-12(13)15/h11-14H,2-10H2,1H3. The van der Waals surface area contributed by atoms with Crippen molar-refractivity contribution < 1.29 is 0 Å². The molecular formula is C13H25N3. The molecule has 3 fully saturated rings. The maximum Gasteiger partial charge on any atom is 0.0267 e. The van der Waals surface area contributed by atoms with Gasteiger partial charge in [-0.3, -0.25) is 9.80 Å². The second kappa shape index (κ2) is 4.63. The number of hydrogen-bond donors (Lipinski definition) is 1. The summed E-state index contributed by atoms with van der Waals surface area (Å²) in [5.41, 5.74) is 0. The molecule has 0 saturated carbocycles. The summed E-state index contributed by atoms with van der Waals surface area (Å²) in [5.74, 6) is 0. The van der Waals surface area contributed by atoms with Gasteiger partial charge in [0.05, 0.1) is 0 Å². The first kappa shape index (κ1) is 11.0. The van der Waals surface area contributed by atoms with Crippen molar-refractivity contribution in [3.8, 4) is 0 Å². The van der Waals surface area contributed by atoms with Crippen molar-refractivity contribution in [3.05, 3.63) is 0 Å². The van der Waals surface area contributed by atoms with Crippen LogP contribution < -0.4 is 5.32 Å². The van der Waals surface area contributed by atoms with Crippen molar-refractivity contribution in [3.63, 3.8) is 0 Å². The number of fused-ring (bicyclic) bond motifs is 1. The maximum atomic E-state index is 3.50. The van der Waals surface area contributed by atoms with Crippen LogP contribution in [0, 0.1) is 0 Å². The minimum atomic E-state index is 0.737. The molecule has 3 atom stereocenters. The third-order valence-corrected chi connectivity index (χ3v) is 4.80. The summed E-state index contributed by atoms with van der Waals surface area (Å²) >= 11 is 0. The van der Waals surface area contributed by atoms with Crippen LogP contribution in [0.1, 0.15) is 32.6 Å². The third kappa shape index (κ3) is 1.89. The van der Waals surface area contributed by atoms with E-state index in [-0.39, 0.29) is 0 Å². The Balaban J connectivity index is 1.69. The van der Waals surface area contributed by atoms with Crippen LogP contribution in [0.15, 0.2) is 0 Å². The molecule has 3 heteroatoms. The average molecular weight is 223 g/mol. The van der Waals surface area contributed by atoms with E-state index in [4.69, 9.17) is 0 Å². The Labute approximate surface area is 99.2 Å². The Morgan fingerprint density at radius 1 is 1.00 bits per heavy atom. The number of nitrogens with zero attached hydrogens (tertiary/aromatic N) is 2. The minimum Gasteiger partial charge on any atom is -0.314 e. The van der Waals surface area contributed by atoms with Gasteiger partial charge in [0.15, 0.2) is 0 Å². The second-order valence-electron chi connectivity index (χ2n) is 5.75. The molecule has 3 aliphatic heterocycles. The van der Waals surface area contributed by atoms with Gasteiger partial charge in [-0.25, -0.2) is 0 Å². The van der Waals surface area contributed by atoms with Gasteiger partial charge in [-0.2, -0.15) is 0 Å². The van der Waals surface area contributed by atoms with Crippen molar-refractivity contribution in [2.24, 2.45) is 0 Å². The minimum absolute atomic E-state index is 0.737. The van der Waals surface area contributed by atoms with E-state index in [1.54, 1.807) is 0 Å². The first-order valence-corrected chi connectivity index (χ1v) is 7.07. The molecule has 16 heavy (non-hydrogen) atoms. The summed E-state index contributed by atoms with van der Waals surface area (Å²) in [4.78, 5) is 5.54. The fourth-order valence-electron chi connectivity index (χ4n) is 3.96. The average Bonchev–Trinajstić information content (AvgIpc) is 2.74. The molecule has 3 heterocycles. The highest BCUT2D eigenvalue weighted by molar-refractivity contribution is 4.97. The summed E-state index contributed by atoms with van der Waals surface area (Å²) in [5, 5.41) is 3.50. The molecule has 1 N–H and O–H groups in total. The van der Waals surface area contributed by atoms with Gasteiger partial charge >= 0.3 is 0 Å². The van der Waals surface area contributed by atoms with E-state index in [2.05, 4.69) is 22.0 Å². The topological polar surface area (TPSA) is 18.5 Å². The fourth-order valence-corrected chi connectivity index (χ4v) is 3.96. The molecule has 0 bridgehead atoms. The van der Waals surface area contributed by atoms with Gasteiger partial charge in [0.2, 0.25) is 0 Å². The summed E-state index contributed by atoms with van der Waals surface area (Å²) in [6, 6.07) is 2.48. The van der Waals surface area contributed by atoms with Crippen molar-refractivity contribution in [1.29, 1.82) is 0 Å². The quantitative estimate of drug-likeness (QED) is 0.713. The molecule has 3 aliphatic rings. The van der Waals surface area contributed by atoms with Gasteiger partial charge < -0.3 is 5.32 Å². The Morgan fingerprint density at radius 3 is 2.81 bits per heavy atom. The highest BCUT2D eigenvalue weighted by Gasteiger charge is 2.40. The number of hydrogen-bond acceptors (Lipinski definition) is 3. The Hall–Kier alpha value is -0.120. The number of nitrogens with one attached hydrogen (secondary N) is 1. The summed E-state index contributed by atoms with van der Waals surface area (Å²) in [6.07, 6.45) is 5.74. The van der Waals surface area contributed by atoms with Crippen LogP contribution in [0.3, 0.4) is 0 Å². The Bertz CT molecular complexity index is 243. The van der Waals surface area contributed by atoms with Gasteiger partial charge in [0.25, 0.3) is 0 Å². The lowest BCUT2D eigenvalue weighted by molar-refractivity contribution is 0.0720. The zero-order chi connectivity index (χ0) is 11.0. The molecule has 3 rings (SSSR count). The van der Waals surface area contributed by atoms with Crippen LogP contribution in [0.5, 0.6) is 0 Å². The van der Waals surface area contributed by atoms with Crippen molar-refractivity contribution in [1.82, 2.24) is 15.1 Å². The van der Waals surface area contributed by atoms with E-state index in [0.717, 1.165) is 18.1 Å². The Morgan fingerprint density at radius 2 is 1.94 bits per heavy atom. The van der Waals surface area contributed by atoms with E-state index in [0.29, 0.717) is 0 Å². The number of piperazine rings is 1. The third-order valence-electron chi connectivity index (χ3n) is 4.80. The lowest BCUT2D eigenvalue weighted by Crippen LogP contribution is -2.57. The SMILES string of the molecule is CC1CNCCN1C1CCN2CCCCC12. The van der Waals surface area contributed by atoms with Crippen LogP contribution in [0.4, 0.5) is 0 Å². The molecule has 0 radical (unpaired) electrons. The molecule has 0 aromatic carbocycles. The highest BCUT2D eigenvalue weighted by atomic mass is 15.3. The van der Waals surface area contributed by atoms with Crippen molar-refractivity contribution >= 4 is 0 Å². The second-order valence-corrected chi connectivity index (χ2v) is 5.75. The van der Waals surface area contributed by atoms with Crippen LogP contribution in [0.2, 0.25) is 0 Å². The van der Waals surface area contributed by atoms with E-state index >= 15 is 0 Å². The monoisotopic (exact) mass is 223 g/mol. The van der Waals surface area contributed by atoms with Gasteiger partial charge in [-0.15, -0.1) is 0 Å². The van der Waals surface area contributed by atoms with Crippen molar-refractivity contribution in [2.45, 2.75) is 50.7 Å². The molecule has 0 amide bonds. The maximum absolute atomic E-state index is 3.50. The molecule has 0 aliphatic carbocycles. The number of rotatable bonds is 1. The fraction of sp³-hybridized carbons (Fsp3) is 1.00. The van der Waals surface area contributed by atoms with Crippen LogP contribution in [-0.2, 0) is 0 Å². The van der Waals surface area contributed by atoms with Gasteiger partial charge in [-0.1, -0.05) is 6.42 Å². The summed E-state index contributed by atoms with van der Waals surface area (Å²) in [7, 11) is 0. The van der Waals surface area contributed by atoms with Crippen LogP contribution in [0.25, 0.3) is 0 Å². The molecule has 0 spiro atoms. The lowest BCUT2D eigenvalue weighted by Gasteiger charge is -2.43. The predicted octanol–water partition coefficient (Wildman–Crippen LogP) is 0.907. The lowest BCUT2D eigenvalue weighted by atomic mass is 9.96. The molecule has 0 aromatic heterocycles. The largest absolute Gasteiger partial charge is 0.314 e. The molecule has 92 valence electrons. The summed E-state index contributed by atoms with van der Waals surface area (Å²) < 4.78 is 0. The van der Waals surface area contributed by atoms with Crippen LogP contribution >= 0.6 is 0 Å². The van der Waals surface area contributed by atoms with E-state index in [1.165, 1.54) is 58.4 Å². The van der Waals surface area contributed by atoms with E-state index < -0.39 is 0 Å². The van der Waals surface area contributed by atoms with Gasteiger partial charge in [-0.05, 0) is 32.7 Å². The number of piperidine rings is 1. The molecular weight excluding hydrogens is 198 g/mol. The first-order chi connectivity index (χ1) is 7.86. The van der Waals surface area contributed by atoms with E-state index in [9.17, 15) is 0 Å². The van der Waals surface area contributed by atoms with E-state index in [1.807, 2.05) is 0 Å². The van der Waals surface area contributed by atoms with Gasteiger partial charge in [0.1, 0.15) is 0 Å². The molecule has 3 saturated heterocycles. The predicted molar refractivity (Wildman–Crippen MR) is 66.7 cm³/mol. The highest BCUT2D eigenvalue weighted by Crippen LogP contribution is 2.31. The molecule has 3 unspecified atom stereocenters. The Kier molecular flexibility index (Phi) is 3.18. The zero-order valence-corrected chi connectivity index (χ0v) is 10.5. The van der Waals surface area contributed by atoms with Crippen LogP contribution in [-0.4, -0.2) is 60.6 Å². The van der Waals surface area contributed by atoms with Gasteiger partial charge in [0, 0.05) is 44.3 Å².